The molecule has 0 saturated carbocycles. The SMILES string of the molecule is CCC(N)c1ccc(OC(C)C)cc1C. The van der Waals surface area contributed by atoms with Crippen LogP contribution >= 0.6 is 0 Å². The van der Waals surface area contributed by atoms with Crippen molar-refractivity contribution in [2.45, 2.75) is 46.3 Å². The lowest BCUT2D eigenvalue weighted by Gasteiger charge is -2.15. The Balaban J connectivity index is 2.88. The number of ether oxygens (including phenoxy) is 1. The van der Waals surface area contributed by atoms with Crippen LogP contribution in [-0.4, -0.2) is 6.10 Å². The summed E-state index contributed by atoms with van der Waals surface area (Å²) in [5, 5.41) is 0. The van der Waals surface area contributed by atoms with Gasteiger partial charge in [0.25, 0.3) is 0 Å². The maximum absolute atomic E-state index is 6.01. The van der Waals surface area contributed by atoms with Gasteiger partial charge in [0.1, 0.15) is 5.75 Å². The fourth-order valence-electron chi connectivity index (χ4n) is 1.63. The molecular formula is C13H21NO. The van der Waals surface area contributed by atoms with E-state index < -0.39 is 0 Å². The molecule has 0 aliphatic heterocycles. The first-order valence-corrected chi connectivity index (χ1v) is 5.57. The largest absolute Gasteiger partial charge is 0.491 e. The molecule has 84 valence electrons. The standard InChI is InChI=1S/C13H21NO/c1-5-13(14)12-7-6-11(8-10(12)4)15-9(2)3/h6-9,13H,5,14H2,1-4H3. The van der Waals surface area contributed by atoms with Gasteiger partial charge >= 0.3 is 0 Å². The highest BCUT2D eigenvalue weighted by Gasteiger charge is 2.07. The third kappa shape index (κ3) is 3.24. The average Bonchev–Trinajstić information content (AvgIpc) is 2.16. The summed E-state index contributed by atoms with van der Waals surface area (Å²) in [6.45, 7) is 8.24. The van der Waals surface area contributed by atoms with Gasteiger partial charge in [0, 0.05) is 6.04 Å². The van der Waals surface area contributed by atoms with E-state index in [0.717, 1.165) is 12.2 Å². The van der Waals surface area contributed by atoms with Gasteiger partial charge in [0.05, 0.1) is 6.10 Å². The molecule has 15 heavy (non-hydrogen) atoms. The topological polar surface area (TPSA) is 35.2 Å². The predicted octanol–water partition coefficient (Wildman–Crippen LogP) is 3.19. The summed E-state index contributed by atoms with van der Waals surface area (Å²) in [6, 6.07) is 6.27. The van der Waals surface area contributed by atoms with Crippen LogP contribution in [0.1, 0.15) is 44.4 Å². The Morgan fingerprint density at radius 3 is 2.47 bits per heavy atom. The van der Waals surface area contributed by atoms with Crippen LogP contribution < -0.4 is 10.5 Å². The first-order valence-electron chi connectivity index (χ1n) is 5.57. The van der Waals surface area contributed by atoms with Gasteiger partial charge in [-0.2, -0.15) is 0 Å². The van der Waals surface area contributed by atoms with E-state index in [1.165, 1.54) is 11.1 Å². The van der Waals surface area contributed by atoms with Crippen LogP contribution in [0.3, 0.4) is 0 Å². The Morgan fingerprint density at radius 2 is 2.00 bits per heavy atom. The van der Waals surface area contributed by atoms with Crippen LogP contribution in [-0.2, 0) is 0 Å². The van der Waals surface area contributed by atoms with Crippen molar-refractivity contribution in [3.63, 3.8) is 0 Å². The molecule has 1 aromatic rings. The lowest BCUT2D eigenvalue weighted by molar-refractivity contribution is 0.242. The van der Waals surface area contributed by atoms with Crippen molar-refractivity contribution in [2.24, 2.45) is 5.73 Å². The number of rotatable bonds is 4. The van der Waals surface area contributed by atoms with Gasteiger partial charge in [-0.15, -0.1) is 0 Å². The van der Waals surface area contributed by atoms with Crippen LogP contribution in [0.4, 0.5) is 0 Å². The third-order valence-electron chi connectivity index (χ3n) is 2.45. The zero-order chi connectivity index (χ0) is 11.4. The van der Waals surface area contributed by atoms with Crippen LogP contribution in [0.5, 0.6) is 5.75 Å². The molecule has 2 N–H and O–H groups in total. The van der Waals surface area contributed by atoms with E-state index in [1.807, 2.05) is 19.9 Å². The van der Waals surface area contributed by atoms with Crippen molar-refractivity contribution in [2.75, 3.05) is 0 Å². The summed E-state index contributed by atoms with van der Waals surface area (Å²) >= 11 is 0. The molecule has 0 aliphatic rings. The fourth-order valence-corrected chi connectivity index (χ4v) is 1.63. The first-order chi connectivity index (χ1) is 7.04. The molecule has 1 aromatic carbocycles. The van der Waals surface area contributed by atoms with Crippen LogP contribution in [0, 0.1) is 6.92 Å². The van der Waals surface area contributed by atoms with Gasteiger partial charge in [-0.3, -0.25) is 0 Å². The second kappa shape index (κ2) is 5.17. The zero-order valence-electron chi connectivity index (χ0n) is 10.1. The molecule has 0 fully saturated rings. The Morgan fingerprint density at radius 1 is 1.33 bits per heavy atom. The van der Waals surface area contributed by atoms with E-state index in [4.69, 9.17) is 10.5 Å². The highest BCUT2D eigenvalue weighted by Crippen LogP contribution is 2.23. The summed E-state index contributed by atoms with van der Waals surface area (Å²) in [6.07, 6.45) is 1.18. The first kappa shape index (κ1) is 12.1. The number of aryl methyl sites for hydroxylation is 1. The quantitative estimate of drug-likeness (QED) is 0.823. The molecule has 1 unspecified atom stereocenters. The molecule has 0 aliphatic carbocycles. The maximum atomic E-state index is 6.01. The van der Waals surface area contributed by atoms with E-state index in [-0.39, 0.29) is 12.1 Å². The van der Waals surface area contributed by atoms with Crippen LogP contribution in [0.15, 0.2) is 18.2 Å². The predicted molar refractivity (Wildman–Crippen MR) is 64.2 cm³/mol. The van der Waals surface area contributed by atoms with Gasteiger partial charge in [-0.1, -0.05) is 13.0 Å². The van der Waals surface area contributed by atoms with Crippen molar-refractivity contribution in [3.05, 3.63) is 29.3 Å². The third-order valence-corrected chi connectivity index (χ3v) is 2.45. The van der Waals surface area contributed by atoms with Crippen LogP contribution in [0.2, 0.25) is 0 Å². The maximum Gasteiger partial charge on any atom is 0.119 e. The Bertz CT molecular complexity index is 320. The van der Waals surface area contributed by atoms with Crippen LogP contribution in [0.25, 0.3) is 0 Å². The lowest BCUT2D eigenvalue weighted by Crippen LogP contribution is -2.11. The van der Waals surface area contributed by atoms with Crippen molar-refractivity contribution >= 4 is 0 Å². The van der Waals surface area contributed by atoms with Gasteiger partial charge in [0.2, 0.25) is 0 Å². The summed E-state index contributed by atoms with van der Waals surface area (Å²) in [7, 11) is 0. The minimum absolute atomic E-state index is 0.137. The van der Waals surface area contributed by atoms with E-state index >= 15 is 0 Å². The molecule has 0 heterocycles. The molecule has 0 bridgehead atoms. The average molecular weight is 207 g/mol. The molecule has 1 rings (SSSR count). The highest BCUT2D eigenvalue weighted by molar-refractivity contribution is 5.36. The smallest absolute Gasteiger partial charge is 0.119 e. The second-order valence-corrected chi connectivity index (χ2v) is 4.20. The Labute approximate surface area is 92.4 Å². The highest BCUT2D eigenvalue weighted by atomic mass is 16.5. The summed E-state index contributed by atoms with van der Waals surface area (Å²) in [5.74, 6) is 0.926. The normalized spacial score (nSPS) is 12.9. The number of hydrogen-bond donors (Lipinski definition) is 1. The second-order valence-electron chi connectivity index (χ2n) is 4.20. The fraction of sp³-hybridized carbons (Fsp3) is 0.538. The van der Waals surface area contributed by atoms with Gasteiger partial charge in [-0.25, -0.2) is 0 Å². The lowest BCUT2D eigenvalue weighted by atomic mass is 10.00. The Hall–Kier alpha value is -1.02. The van der Waals surface area contributed by atoms with Crippen molar-refractivity contribution in [1.29, 1.82) is 0 Å². The summed E-state index contributed by atoms with van der Waals surface area (Å²) in [5.41, 5.74) is 8.43. The zero-order valence-corrected chi connectivity index (χ0v) is 10.1. The van der Waals surface area contributed by atoms with Gasteiger partial charge in [0.15, 0.2) is 0 Å². The van der Waals surface area contributed by atoms with Gasteiger partial charge < -0.3 is 10.5 Å². The van der Waals surface area contributed by atoms with Crippen molar-refractivity contribution in [1.82, 2.24) is 0 Å². The molecule has 1 atom stereocenters. The molecule has 0 saturated heterocycles. The minimum atomic E-state index is 0.137. The van der Waals surface area contributed by atoms with Gasteiger partial charge in [-0.05, 0) is 50.5 Å². The number of hydrogen-bond acceptors (Lipinski definition) is 2. The summed E-state index contributed by atoms with van der Waals surface area (Å²) < 4.78 is 5.62. The Kier molecular flexibility index (Phi) is 4.15. The molecule has 2 nitrogen and oxygen atoms in total. The molecule has 2 heteroatoms. The van der Waals surface area contributed by atoms with E-state index in [0.29, 0.717) is 0 Å². The molecule has 0 amide bonds. The molecular weight excluding hydrogens is 186 g/mol. The minimum Gasteiger partial charge on any atom is -0.491 e. The molecule has 0 aromatic heterocycles. The van der Waals surface area contributed by atoms with E-state index in [1.54, 1.807) is 0 Å². The number of nitrogens with two attached hydrogens (primary N) is 1. The molecule has 0 radical (unpaired) electrons. The number of benzene rings is 1. The van der Waals surface area contributed by atoms with E-state index in [2.05, 4.69) is 26.0 Å². The monoisotopic (exact) mass is 207 g/mol. The molecule has 0 spiro atoms. The van der Waals surface area contributed by atoms with Crippen molar-refractivity contribution < 1.29 is 4.74 Å². The van der Waals surface area contributed by atoms with Crippen molar-refractivity contribution in [3.8, 4) is 5.75 Å². The van der Waals surface area contributed by atoms with E-state index in [9.17, 15) is 0 Å². The summed E-state index contributed by atoms with van der Waals surface area (Å²) in [4.78, 5) is 0.